The van der Waals surface area contributed by atoms with E-state index in [0.29, 0.717) is 25.1 Å². The first-order valence-corrected chi connectivity index (χ1v) is 8.75. The number of rotatable bonds is 5. The average molecular weight is 349 g/mol. The summed E-state index contributed by atoms with van der Waals surface area (Å²) < 4.78 is 0. The molecule has 0 fully saturated rings. The van der Waals surface area contributed by atoms with E-state index in [1.807, 2.05) is 18.2 Å². The number of carbonyl (C=O) groups is 2. The van der Waals surface area contributed by atoms with Gasteiger partial charge in [-0.25, -0.2) is 5.43 Å². The van der Waals surface area contributed by atoms with Crippen molar-refractivity contribution in [2.75, 3.05) is 6.54 Å². The molecule has 2 aromatic carbocycles. The van der Waals surface area contributed by atoms with E-state index in [-0.39, 0.29) is 17.2 Å². The van der Waals surface area contributed by atoms with E-state index >= 15 is 0 Å². The van der Waals surface area contributed by atoms with E-state index in [1.165, 1.54) is 11.1 Å². The van der Waals surface area contributed by atoms with Crippen molar-refractivity contribution in [1.29, 1.82) is 0 Å². The maximum absolute atomic E-state index is 12.2. The van der Waals surface area contributed by atoms with Gasteiger partial charge in [0.15, 0.2) is 0 Å². The summed E-state index contributed by atoms with van der Waals surface area (Å²) in [5, 5.41) is 6.77. The molecular weight excluding hydrogens is 326 g/mol. The fourth-order valence-electron chi connectivity index (χ4n) is 2.89. The fourth-order valence-corrected chi connectivity index (χ4v) is 2.89. The van der Waals surface area contributed by atoms with Crippen molar-refractivity contribution >= 4 is 17.5 Å². The standard InChI is InChI=1S/C21H23N3O2/c1-21(2,14-22-20(26)18-12-13-19(25)24-23-18)17-10-8-16(9-11-17)15-6-4-3-5-7-15/h3-11H,12-14H2,1-2H3,(H,22,26)(H,24,25). The van der Waals surface area contributed by atoms with Gasteiger partial charge in [0, 0.05) is 24.8 Å². The highest BCUT2D eigenvalue weighted by atomic mass is 16.2. The molecule has 2 N–H and O–H groups in total. The van der Waals surface area contributed by atoms with Gasteiger partial charge in [-0.15, -0.1) is 0 Å². The molecule has 0 aromatic heterocycles. The fraction of sp³-hybridized carbons (Fsp3) is 0.286. The Kier molecular flexibility index (Phi) is 5.16. The van der Waals surface area contributed by atoms with Crippen LogP contribution in [0.4, 0.5) is 0 Å². The molecule has 0 radical (unpaired) electrons. The number of benzene rings is 2. The van der Waals surface area contributed by atoms with Crippen LogP contribution in [0.15, 0.2) is 59.7 Å². The Hall–Kier alpha value is -2.95. The predicted molar refractivity (Wildman–Crippen MR) is 103 cm³/mol. The minimum Gasteiger partial charge on any atom is -0.350 e. The molecule has 0 bridgehead atoms. The number of amides is 2. The lowest BCUT2D eigenvalue weighted by molar-refractivity contribution is -0.121. The molecule has 0 saturated heterocycles. The number of hydrogen-bond donors (Lipinski definition) is 2. The van der Waals surface area contributed by atoms with Crippen molar-refractivity contribution in [3.63, 3.8) is 0 Å². The minimum absolute atomic E-state index is 0.152. The van der Waals surface area contributed by atoms with Gasteiger partial charge in [-0.3, -0.25) is 9.59 Å². The molecule has 1 aliphatic heterocycles. The third-order valence-electron chi connectivity index (χ3n) is 4.63. The van der Waals surface area contributed by atoms with Gasteiger partial charge in [0.05, 0.1) is 0 Å². The average Bonchev–Trinajstić information content (AvgIpc) is 2.67. The van der Waals surface area contributed by atoms with Crippen LogP contribution in [0.3, 0.4) is 0 Å². The summed E-state index contributed by atoms with van der Waals surface area (Å²) in [4.78, 5) is 23.3. The Morgan fingerprint density at radius 2 is 1.69 bits per heavy atom. The highest BCUT2D eigenvalue weighted by molar-refractivity contribution is 6.39. The van der Waals surface area contributed by atoms with Gasteiger partial charge in [-0.05, 0) is 16.7 Å². The van der Waals surface area contributed by atoms with Crippen LogP contribution in [-0.4, -0.2) is 24.1 Å². The second kappa shape index (κ2) is 7.52. The molecule has 1 aliphatic rings. The lowest BCUT2D eigenvalue weighted by Crippen LogP contribution is -2.42. The van der Waals surface area contributed by atoms with Crippen LogP contribution in [-0.2, 0) is 15.0 Å². The second-order valence-electron chi connectivity index (χ2n) is 7.10. The number of nitrogens with zero attached hydrogens (tertiary/aromatic N) is 1. The summed E-state index contributed by atoms with van der Waals surface area (Å²) in [6, 6.07) is 18.7. The highest BCUT2D eigenvalue weighted by Gasteiger charge is 2.24. The van der Waals surface area contributed by atoms with E-state index < -0.39 is 0 Å². The first-order valence-electron chi connectivity index (χ1n) is 8.75. The Bertz CT molecular complexity index is 824. The van der Waals surface area contributed by atoms with Crippen LogP contribution in [0.5, 0.6) is 0 Å². The van der Waals surface area contributed by atoms with Gasteiger partial charge in [0.2, 0.25) is 5.91 Å². The molecule has 0 saturated carbocycles. The van der Waals surface area contributed by atoms with Crippen molar-refractivity contribution < 1.29 is 9.59 Å². The first kappa shape index (κ1) is 17.9. The second-order valence-corrected chi connectivity index (χ2v) is 7.10. The van der Waals surface area contributed by atoms with Gasteiger partial charge in [-0.1, -0.05) is 68.4 Å². The Morgan fingerprint density at radius 3 is 2.31 bits per heavy atom. The number of nitrogens with one attached hydrogen (secondary N) is 2. The normalized spacial score (nSPS) is 14.4. The maximum Gasteiger partial charge on any atom is 0.267 e. The zero-order chi connectivity index (χ0) is 18.6. The van der Waals surface area contributed by atoms with Crippen LogP contribution in [0, 0.1) is 0 Å². The summed E-state index contributed by atoms with van der Waals surface area (Å²) in [5.74, 6) is -0.376. The molecule has 26 heavy (non-hydrogen) atoms. The number of carbonyl (C=O) groups excluding carboxylic acids is 2. The van der Waals surface area contributed by atoms with Gasteiger partial charge in [0.25, 0.3) is 5.91 Å². The van der Waals surface area contributed by atoms with Crippen LogP contribution in [0.1, 0.15) is 32.3 Å². The van der Waals surface area contributed by atoms with Crippen molar-refractivity contribution in [3.8, 4) is 11.1 Å². The molecule has 0 unspecified atom stereocenters. The molecular formula is C21H23N3O2. The molecule has 2 aromatic rings. The quantitative estimate of drug-likeness (QED) is 0.871. The zero-order valence-electron chi connectivity index (χ0n) is 15.1. The van der Waals surface area contributed by atoms with E-state index in [1.54, 1.807) is 0 Å². The SMILES string of the molecule is CC(C)(CNC(=O)C1=NNC(=O)CC1)c1ccc(-c2ccccc2)cc1. The molecule has 3 rings (SSSR count). The van der Waals surface area contributed by atoms with E-state index in [2.05, 4.69) is 66.1 Å². The predicted octanol–water partition coefficient (Wildman–Crippen LogP) is 3.01. The van der Waals surface area contributed by atoms with Gasteiger partial charge >= 0.3 is 0 Å². The molecule has 0 spiro atoms. The third-order valence-corrected chi connectivity index (χ3v) is 4.63. The smallest absolute Gasteiger partial charge is 0.267 e. The Morgan fingerprint density at radius 1 is 1.04 bits per heavy atom. The number of hydrogen-bond acceptors (Lipinski definition) is 3. The molecule has 0 atom stereocenters. The van der Waals surface area contributed by atoms with E-state index in [0.717, 1.165) is 5.56 Å². The molecule has 5 heteroatoms. The summed E-state index contributed by atoms with van der Waals surface area (Å²) in [5.41, 5.74) is 6.01. The lowest BCUT2D eigenvalue weighted by atomic mass is 9.83. The minimum atomic E-state index is -0.223. The van der Waals surface area contributed by atoms with E-state index in [9.17, 15) is 9.59 Å². The van der Waals surface area contributed by atoms with Crippen molar-refractivity contribution in [3.05, 3.63) is 60.2 Å². The maximum atomic E-state index is 12.2. The van der Waals surface area contributed by atoms with Gasteiger partial charge < -0.3 is 5.32 Å². The topological polar surface area (TPSA) is 70.6 Å². The molecule has 2 amide bonds. The lowest BCUT2D eigenvalue weighted by Gasteiger charge is -2.26. The van der Waals surface area contributed by atoms with Crippen LogP contribution >= 0.6 is 0 Å². The van der Waals surface area contributed by atoms with Gasteiger partial charge in [0.1, 0.15) is 5.71 Å². The molecule has 1 heterocycles. The highest BCUT2D eigenvalue weighted by Crippen LogP contribution is 2.26. The van der Waals surface area contributed by atoms with Crippen molar-refractivity contribution in [2.24, 2.45) is 5.10 Å². The first-order chi connectivity index (χ1) is 12.5. The summed E-state index contributed by atoms with van der Waals surface area (Å²) in [6.07, 6.45) is 0.681. The zero-order valence-corrected chi connectivity index (χ0v) is 15.1. The summed E-state index contributed by atoms with van der Waals surface area (Å²) in [7, 11) is 0. The van der Waals surface area contributed by atoms with Crippen molar-refractivity contribution in [1.82, 2.24) is 10.7 Å². The molecule has 134 valence electrons. The molecule has 5 nitrogen and oxygen atoms in total. The van der Waals surface area contributed by atoms with Crippen LogP contribution in [0.25, 0.3) is 11.1 Å². The van der Waals surface area contributed by atoms with Crippen LogP contribution < -0.4 is 10.7 Å². The number of hydrazone groups is 1. The van der Waals surface area contributed by atoms with Crippen molar-refractivity contribution in [2.45, 2.75) is 32.1 Å². The Labute approximate surface area is 153 Å². The largest absolute Gasteiger partial charge is 0.350 e. The summed E-state index contributed by atoms with van der Waals surface area (Å²) >= 11 is 0. The van der Waals surface area contributed by atoms with Crippen LogP contribution in [0.2, 0.25) is 0 Å². The summed E-state index contributed by atoms with van der Waals surface area (Å²) in [6.45, 7) is 4.67. The monoisotopic (exact) mass is 349 g/mol. The molecule has 0 aliphatic carbocycles. The van der Waals surface area contributed by atoms with Gasteiger partial charge in [-0.2, -0.15) is 5.10 Å². The third kappa shape index (κ3) is 4.17. The van der Waals surface area contributed by atoms with E-state index in [4.69, 9.17) is 0 Å². The Balaban J connectivity index is 1.64.